The van der Waals surface area contributed by atoms with Crippen LogP contribution in [0.3, 0.4) is 0 Å². The summed E-state index contributed by atoms with van der Waals surface area (Å²) in [6, 6.07) is 17.4. The number of unbranched alkanes of at least 4 members (excludes halogenated alkanes) is 12. The lowest BCUT2D eigenvalue weighted by atomic mass is 9.74. The predicted octanol–water partition coefficient (Wildman–Crippen LogP) is 15.6. The summed E-state index contributed by atoms with van der Waals surface area (Å²) in [4.78, 5) is 0. The van der Waals surface area contributed by atoms with Crippen LogP contribution in [0.25, 0.3) is 11.1 Å². The highest BCUT2D eigenvalue weighted by molar-refractivity contribution is 5.64. The highest BCUT2D eigenvalue weighted by Gasteiger charge is 2.25. The van der Waals surface area contributed by atoms with Crippen LogP contribution in [0.4, 0.5) is 0 Å². The van der Waals surface area contributed by atoms with E-state index in [1.165, 1.54) is 191 Å². The average molecular weight is 687 g/mol. The first kappa shape index (κ1) is 40.8. The molecule has 2 aromatic rings. The van der Waals surface area contributed by atoms with Crippen molar-refractivity contribution in [3.8, 4) is 22.6 Å². The topological polar surface area (TPSA) is 18.5 Å². The first-order valence-electron chi connectivity index (χ1n) is 22.2. The summed E-state index contributed by atoms with van der Waals surface area (Å²) in [5.41, 5.74) is 2.48. The standard InChI is InChI=1S/C48H78O2/c1-3-5-7-9-11-13-15-23-41-25-17-19-27-43(41)29-21-39-49-47-35-31-45(32-36-47)46-33-37-48(38-34-46)50-40-22-30-44-28-20-18-26-42(44)24-16-14-12-10-8-6-4-2/h31-38,41-44H,3-30,39-40H2,1-2H3. The van der Waals surface area contributed by atoms with Gasteiger partial charge in [-0.2, -0.15) is 0 Å². The molecule has 2 fully saturated rings. The number of hydrogen-bond donors (Lipinski definition) is 0. The van der Waals surface area contributed by atoms with Crippen LogP contribution in [0.2, 0.25) is 0 Å². The molecule has 4 unspecified atom stereocenters. The zero-order valence-corrected chi connectivity index (χ0v) is 33.0. The average Bonchev–Trinajstić information content (AvgIpc) is 3.16. The largest absolute Gasteiger partial charge is 0.494 e. The maximum atomic E-state index is 6.21. The summed E-state index contributed by atoms with van der Waals surface area (Å²) in [6.45, 7) is 6.30. The molecule has 2 aromatic carbocycles. The van der Waals surface area contributed by atoms with E-state index in [9.17, 15) is 0 Å². The lowest BCUT2D eigenvalue weighted by molar-refractivity contribution is 0.190. The fourth-order valence-electron chi connectivity index (χ4n) is 9.37. The molecule has 282 valence electrons. The minimum atomic E-state index is 0.840. The van der Waals surface area contributed by atoms with Gasteiger partial charge in [0.25, 0.3) is 0 Å². The molecule has 0 saturated heterocycles. The van der Waals surface area contributed by atoms with Gasteiger partial charge in [-0.05, 0) is 84.7 Å². The minimum Gasteiger partial charge on any atom is -0.494 e. The van der Waals surface area contributed by atoms with Gasteiger partial charge in [0.05, 0.1) is 13.2 Å². The summed E-state index contributed by atoms with van der Waals surface area (Å²) in [7, 11) is 0. The van der Waals surface area contributed by atoms with E-state index >= 15 is 0 Å². The molecule has 50 heavy (non-hydrogen) atoms. The summed E-state index contributed by atoms with van der Waals surface area (Å²) >= 11 is 0. The number of benzene rings is 2. The highest BCUT2D eigenvalue weighted by Crippen LogP contribution is 2.38. The molecule has 2 aliphatic carbocycles. The van der Waals surface area contributed by atoms with Crippen molar-refractivity contribution in [2.45, 2.75) is 194 Å². The van der Waals surface area contributed by atoms with Gasteiger partial charge in [-0.15, -0.1) is 0 Å². The van der Waals surface area contributed by atoms with Crippen LogP contribution in [0.1, 0.15) is 194 Å². The van der Waals surface area contributed by atoms with Crippen LogP contribution in [-0.2, 0) is 0 Å². The summed E-state index contributed by atoms with van der Waals surface area (Å²) in [5, 5.41) is 0. The Morgan fingerprint density at radius 1 is 0.380 bits per heavy atom. The predicted molar refractivity (Wildman–Crippen MR) is 217 cm³/mol. The van der Waals surface area contributed by atoms with Crippen LogP contribution >= 0.6 is 0 Å². The van der Waals surface area contributed by atoms with E-state index in [2.05, 4.69) is 62.4 Å². The molecule has 2 aliphatic rings. The van der Waals surface area contributed by atoms with Crippen molar-refractivity contribution in [1.82, 2.24) is 0 Å². The smallest absolute Gasteiger partial charge is 0.119 e. The molecule has 0 radical (unpaired) electrons. The molecule has 2 heteroatoms. The van der Waals surface area contributed by atoms with E-state index in [1.54, 1.807) is 0 Å². The molecule has 0 aliphatic heterocycles. The van der Waals surface area contributed by atoms with Gasteiger partial charge in [-0.3, -0.25) is 0 Å². The van der Waals surface area contributed by atoms with Crippen molar-refractivity contribution < 1.29 is 9.47 Å². The highest BCUT2D eigenvalue weighted by atomic mass is 16.5. The maximum absolute atomic E-state index is 6.21. The number of hydrogen-bond acceptors (Lipinski definition) is 2. The molecular formula is C48H78O2. The Balaban J connectivity index is 1.08. The van der Waals surface area contributed by atoms with Gasteiger partial charge in [0, 0.05) is 0 Å². The first-order chi connectivity index (χ1) is 24.8. The van der Waals surface area contributed by atoms with E-state index in [0.717, 1.165) is 48.4 Å². The monoisotopic (exact) mass is 687 g/mol. The van der Waals surface area contributed by atoms with Crippen LogP contribution in [-0.4, -0.2) is 13.2 Å². The van der Waals surface area contributed by atoms with Crippen molar-refractivity contribution in [2.75, 3.05) is 13.2 Å². The quantitative estimate of drug-likeness (QED) is 0.0871. The van der Waals surface area contributed by atoms with E-state index < -0.39 is 0 Å². The summed E-state index contributed by atoms with van der Waals surface area (Å²) in [6.07, 6.45) is 39.6. The van der Waals surface area contributed by atoms with E-state index in [1.807, 2.05) is 0 Å². The van der Waals surface area contributed by atoms with Gasteiger partial charge in [0.15, 0.2) is 0 Å². The van der Waals surface area contributed by atoms with Crippen molar-refractivity contribution in [2.24, 2.45) is 23.7 Å². The molecule has 4 rings (SSSR count). The number of ether oxygens (including phenoxy) is 2. The Morgan fingerprint density at radius 2 is 0.680 bits per heavy atom. The zero-order valence-electron chi connectivity index (χ0n) is 33.0. The SMILES string of the molecule is CCCCCCCCCC1CCCCC1CCCOc1ccc(-c2ccc(OCCCC3CCCCC3CCCCCCCCC)cc2)cc1. The molecule has 4 atom stereocenters. The van der Waals surface area contributed by atoms with Crippen molar-refractivity contribution in [3.05, 3.63) is 48.5 Å². The molecule has 2 saturated carbocycles. The Bertz CT molecular complexity index is 987. The van der Waals surface area contributed by atoms with Gasteiger partial charge >= 0.3 is 0 Å². The Morgan fingerprint density at radius 3 is 1.02 bits per heavy atom. The molecule has 0 amide bonds. The fraction of sp³-hybridized carbons (Fsp3) is 0.750. The minimum absolute atomic E-state index is 0.840. The second-order valence-electron chi connectivity index (χ2n) is 16.5. The Kier molecular flexibility index (Phi) is 21.1. The summed E-state index contributed by atoms with van der Waals surface area (Å²) < 4.78 is 12.4. The van der Waals surface area contributed by atoms with Crippen molar-refractivity contribution in [1.29, 1.82) is 0 Å². The van der Waals surface area contributed by atoms with E-state index in [-0.39, 0.29) is 0 Å². The normalized spacial score (nSPS) is 20.9. The third-order valence-corrected chi connectivity index (χ3v) is 12.5. The molecule has 0 bridgehead atoms. The van der Waals surface area contributed by atoms with Crippen LogP contribution in [0, 0.1) is 23.7 Å². The zero-order chi connectivity index (χ0) is 34.9. The molecular weight excluding hydrogens is 609 g/mol. The maximum Gasteiger partial charge on any atom is 0.119 e. The first-order valence-corrected chi connectivity index (χ1v) is 22.2. The molecule has 0 spiro atoms. The third kappa shape index (κ3) is 16.2. The van der Waals surface area contributed by atoms with E-state index in [0.29, 0.717) is 0 Å². The van der Waals surface area contributed by atoms with Gasteiger partial charge in [-0.1, -0.05) is 192 Å². The van der Waals surface area contributed by atoms with Gasteiger partial charge in [-0.25, -0.2) is 0 Å². The van der Waals surface area contributed by atoms with Gasteiger partial charge in [0.2, 0.25) is 0 Å². The molecule has 2 nitrogen and oxygen atoms in total. The number of rotatable bonds is 27. The van der Waals surface area contributed by atoms with Crippen LogP contribution < -0.4 is 9.47 Å². The Hall–Kier alpha value is -1.96. The van der Waals surface area contributed by atoms with E-state index in [4.69, 9.17) is 9.47 Å². The molecule has 0 N–H and O–H groups in total. The van der Waals surface area contributed by atoms with Gasteiger partial charge < -0.3 is 9.47 Å². The van der Waals surface area contributed by atoms with Crippen LogP contribution in [0.5, 0.6) is 11.5 Å². The summed E-state index contributed by atoms with van der Waals surface area (Å²) in [5.74, 6) is 5.79. The van der Waals surface area contributed by atoms with Crippen LogP contribution in [0.15, 0.2) is 48.5 Å². The lowest BCUT2D eigenvalue weighted by Gasteiger charge is -2.32. The molecule has 0 aromatic heterocycles. The molecule has 0 heterocycles. The Labute approximate surface area is 310 Å². The second-order valence-corrected chi connectivity index (χ2v) is 16.5. The fourth-order valence-corrected chi connectivity index (χ4v) is 9.37. The van der Waals surface area contributed by atoms with Crippen molar-refractivity contribution >= 4 is 0 Å². The van der Waals surface area contributed by atoms with Gasteiger partial charge in [0.1, 0.15) is 11.5 Å². The lowest BCUT2D eigenvalue weighted by Crippen LogP contribution is -2.20. The second kappa shape index (κ2) is 25.9. The third-order valence-electron chi connectivity index (χ3n) is 12.5. The van der Waals surface area contributed by atoms with Crippen molar-refractivity contribution in [3.63, 3.8) is 0 Å².